The molecule has 1 aromatic carbocycles. The molecule has 2 rings (SSSR count). The van der Waals surface area contributed by atoms with Gasteiger partial charge in [0.1, 0.15) is 10.7 Å². The van der Waals surface area contributed by atoms with Crippen molar-refractivity contribution in [3.8, 4) is 5.75 Å². The molecule has 1 N–H and O–H groups in total. The van der Waals surface area contributed by atoms with Crippen LogP contribution in [0, 0.1) is 11.8 Å². The summed E-state index contributed by atoms with van der Waals surface area (Å²) in [6, 6.07) is 5.37. The molecule has 7 nitrogen and oxygen atoms in total. The Morgan fingerprint density at radius 1 is 1.56 bits per heavy atom. The van der Waals surface area contributed by atoms with Gasteiger partial charge >= 0.3 is 5.09 Å². The fourth-order valence-electron chi connectivity index (χ4n) is 1.71. The number of carbonyl (C=O) groups is 1. The number of benzene rings is 1. The molecular formula is C11H13N2O5+. The molecule has 96 valence electrons. The Bertz CT molecular complexity index is 488. The molecule has 1 aliphatic rings. The molecule has 1 heterocycles. The minimum absolute atomic E-state index is 0.0997. The van der Waals surface area contributed by atoms with Crippen molar-refractivity contribution in [1.82, 2.24) is 4.90 Å². The van der Waals surface area contributed by atoms with Gasteiger partial charge in [0.2, 0.25) is 0 Å². The molecule has 18 heavy (non-hydrogen) atoms. The summed E-state index contributed by atoms with van der Waals surface area (Å²) in [6.45, 7) is 2.04. The molecule has 0 spiro atoms. The van der Waals surface area contributed by atoms with Crippen LogP contribution in [-0.4, -0.2) is 41.0 Å². The maximum atomic E-state index is 12.1. The molecule has 0 aliphatic carbocycles. The second kappa shape index (κ2) is 4.91. The fourth-order valence-corrected chi connectivity index (χ4v) is 1.71. The standard InChI is InChI=1S/C11H13N2O5/c1-8-2-3-10-9(6-8)11(14)12(7-17-10)4-5-18-13(15)16/h2-3,6H,4-5,7H2,1H3,(H,15,16)/q+1. The average molecular weight is 253 g/mol. The third kappa shape index (κ3) is 2.50. The predicted molar refractivity (Wildman–Crippen MR) is 59.1 cm³/mol. The molecule has 0 aromatic heterocycles. The summed E-state index contributed by atoms with van der Waals surface area (Å²) in [6.07, 6.45) is 0. The summed E-state index contributed by atoms with van der Waals surface area (Å²) in [5, 5.41) is 7.63. The molecule has 0 atom stereocenters. The zero-order chi connectivity index (χ0) is 13.1. The van der Waals surface area contributed by atoms with Crippen LogP contribution < -0.4 is 4.74 Å². The van der Waals surface area contributed by atoms with Crippen LogP contribution in [0.1, 0.15) is 15.9 Å². The van der Waals surface area contributed by atoms with Crippen LogP contribution in [0.3, 0.4) is 0 Å². The zero-order valence-electron chi connectivity index (χ0n) is 9.83. The first-order valence-corrected chi connectivity index (χ1v) is 5.39. The van der Waals surface area contributed by atoms with Gasteiger partial charge in [-0.3, -0.25) is 4.79 Å². The first-order valence-electron chi connectivity index (χ1n) is 5.39. The van der Waals surface area contributed by atoms with E-state index in [9.17, 15) is 9.70 Å². The Balaban J connectivity index is 2.05. The molecule has 7 heteroatoms. The van der Waals surface area contributed by atoms with Crippen LogP contribution >= 0.6 is 0 Å². The van der Waals surface area contributed by atoms with Crippen LogP contribution in [-0.2, 0) is 4.84 Å². The number of ether oxygens (including phenoxy) is 1. The van der Waals surface area contributed by atoms with Gasteiger partial charge in [0.25, 0.3) is 5.91 Å². The molecule has 0 bridgehead atoms. The predicted octanol–water partition coefficient (Wildman–Crippen LogP) is 0.887. The Hall–Kier alpha value is -2.31. The van der Waals surface area contributed by atoms with Gasteiger partial charge < -0.3 is 9.64 Å². The Kier molecular flexibility index (Phi) is 3.31. The molecule has 0 unspecified atom stereocenters. The molecule has 0 saturated carbocycles. The minimum Gasteiger partial charge on any atom is -0.472 e. The highest BCUT2D eigenvalue weighted by Crippen LogP contribution is 2.25. The maximum absolute atomic E-state index is 12.1. The molecule has 0 fully saturated rings. The van der Waals surface area contributed by atoms with E-state index < -0.39 is 5.09 Å². The summed E-state index contributed by atoms with van der Waals surface area (Å²) in [4.78, 5) is 27.9. The van der Waals surface area contributed by atoms with Crippen molar-refractivity contribution < 1.29 is 24.7 Å². The lowest BCUT2D eigenvalue weighted by atomic mass is 10.1. The number of fused-ring (bicyclic) bond motifs is 1. The average Bonchev–Trinajstić information content (AvgIpc) is 2.32. The van der Waals surface area contributed by atoms with Gasteiger partial charge in [-0.05, 0) is 19.1 Å². The lowest BCUT2D eigenvalue weighted by Crippen LogP contribution is -2.40. The zero-order valence-corrected chi connectivity index (χ0v) is 9.83. The van der Waals surface area contributed by atoms with E-state index >= 15 is 0 Å². The van der Waals surface area contributed by atoms with Gasteiger partial charge in [0.15, 0.2) is 13.3 Å². The largest absolute Gasteiger partial charge is 0.475 e. The van der Waals surface area contributed by atoms with E-state index in [4.69, 9.17) is 9.94 Å². The number of rotatable bonds is 4. The van der Waals surface area contributed by atoms with Crippen LogP contribution in [0.2, 0.25) is 0 Å². The van der Waals surface area contributed by atoms with Crippen molar-refractivity contribution in [1.29, 1.82) is 0 Å². The third-order valence-corrected chi connectivity index (χ3v) is 2.59. The van der Waals surface area contributed by atoms with E-state index in [1.54, 1.807) is 12.1 Å². The highest BCUT2D eigenvalue weighted by molar-refractivity contribution is 5.97. The summed E-state index contributed by atoms with van der Waals surface area (Å²) in [5.41, 5.74) is 1.45. The van der Waals surface area contributed by atoms with E-state index in [1.807, 2.05) is 13.0 Å². The third-order valence-electron chi connectivity index (χ3n) is 2.59. The summed E-state index contributed by atoms with van der Waals surface area (Å²) >= 11 is 0. The van der Waals surface area contributed by atoms with Gasteiger partial charge in [-0.25, -0.2) is 5.21 Å². The number of amides is 1. The van der Waals surface area contributed by atoms with Crippen molar-refractivity contribution in [3.05, 3.63) is 34.2 Å². The van der Waals surface area contributed by atoms with Gasteiger partial charge in [-0.1, -0.05) is 11.6 Å². The summed E-state index contributed by atoms with van der Waals surface area (Å²) in [7, 11) is 0. The normalized spacial score (nSPS) is 13.8. The lowest BCUT2D eigenvalue weighted by Gasteiger charge is -2.28. The van der Waals surface area contributed by atoms with Crippen molar-refractivity contribution in [2.75, 3.05) is 19.9 Å². The lowest BCUT2D eigenvalue weighted by molar-refractivity contribution is -0.975. The molecular weight excluding hydrogens is 240 g/mol. The van der Waals surface area contributed by atoms with Gasteiger partial charge in [-0.2, -0.15) is 4.84 Å². The Morgan fingerprint density at radius 2 is 2.33 bits per heavy atom. The van der Waals surface area contributed by atoms with E-state index in [-0.39, 0.29) is 25.8 Å². The van der Waals surface area contributed by atoms with Gasteiger partial charge in [-0.15, -0.1) is 0 Å². The molecule has 1 aromatic rings. The maximum Gasteiger partial charge on any atom is 0.475 e. The van der Waals surface area contributed by atoms with Gasteiger partial charge in [0.05, 0.1) is 12.1 Å². The highest BCUT2D eigenvalue weighted by Gasteiger charge is 2.26. The summed E-state index contributed by atoms with van der Waals surface area (Å²) < 4.78 is 5.41. The van der Waals surface area contributed by atoms with E-state index in [2.05, 4.69) is 4.84 Å². The highest BCUT2D eigenvalue weighted by atomic mass is 16.9. The number of hydrogen-bond donors (Lipinski definition) is 1. The topological polar surface area (TPSA) is 79.1 Å². The quantitative estimate of drug-likeness (QED) is 0.806. The first kappa shape index (κ1) is 12.2. The van der Waals surface area contributed by atoms with Crippen molar-refractivity contribution >= 4 is 5.91 Å². The number of aryl methyl sites for hydroxylation is 1. The van der Waals surface area contributed by atoms with Crippen molar-refractivity contribution in [2.24, 2.45) is 0 Å². The monoisotopic (exact) mass is 253 g/mol. The number of nitrogens with zero attached hydrogens (tertiary/aromatic N) is 2. The van der Waals surface area contributed by atoms with Crippen LogP contribution in [0.5, 0.6) is 5.75 Å². The minimum atomic E-state index is -0.632. The van der Waals surface area contributed by atoms with Gasteiger partial charge in [0, 0.05) is 0 Å². The smallest absolute Gasteiger partial charge is 0.472 e. The molecule has 0 saturated heterocycles. The van der Waals surface area contributed by atoms with Crippen LogP contribution in [0.15, 0.2) is 18.2 Å². The molecule has 1 amide bonds. The van der Waals surface area contributed by atoms with Crippen LogP contribution in [0.4, 0.5) is 0 Å². The van der Waals surface area contributed by atoms with E-state index in [0.29, 0.717) is 11.3 Å². The van der Waals surface area contributed by atoms with E-state index in [1.165, 1.54) is 4.90 Å². The Labute approximate surface area is 103 Å². The number of hydrogen-bond acceptors (Lipinski definition) is 4. The Morgan fingerprint density at radius 3 is 3.06 bits per heavy atom. The first-order chi connectivity index (χ1) is 8.58. The molecule has 1 aliphatic heterocycles. The van der Waals surface area contributed by atoms with Crippen LogP contribution in [0.25, 0.3) is 0 Å². The fraction of sp³-hybridized carbons (Fsp3) is 0.364. The van der Waals surface area contributed by atoms with Crippen molar-refractivity contribution in [2.45, 2.75) is 6.92 Å². The second-order valence-electron chi connectivity index (χ2n) is 3.91. The SMILES string of the molecule is Cc1ccc2c(c1)C(=O)N(CCO[N+](=O)O)CO2. The second-order valence-corrected chi connectivity index (χ2v) is 3.91. The summed E-state index contributed by atoms with van der Waals surface area (Å²) in [5.74, 6) is 0.370. The number of carbonyl (C=O) groups excluding carboxylic acids is 1. The molecule has 0 radical (unpaired) electrons. The van der Waals surface area contributed by atoms with Crippen molar-refractivity contribution in [3.63, 3.8) is 0 Å². The van der Waals surface area contributed by atoms with E-state index in [0.717, 1.165) is 5.56 Å².